The molecule has 0 bridgehead atoms. The van der Waals surface area contributed by atoms with E-state index in [2.05, 4.69) is 4.98 Å². The number of hydrogen-bond donors (Lipinski definition) is 1. The molecule has 0 aliphatic rings. The largest absolute Gasteiger partial charge is 0.482 e. The molecule has 0 unspecified atom stereocenters. The first-order chi connectivity index (χ1) is 8.29. The summed E-state index contributed by atoms with van der Waals surface area (Å²) < 4.78 is 5.15. The average molecular weight is 225 g/mol. The smallest absolute Gasteiger partial charge is 0.190 e. The van der Waals surface area contributed by atoms with Crippen LogP contribution in [0.4, 0.5) is 0 Å². The number of hydrogen-bond acceptors (Lipinski definition) is 2. The van der Waals surface area contributed by atoms with Gasteiger partial charge in [0, 0.05) is 0 Å². The van der Waals surface area contributed by atoms with E-state index < -0.39 is 0 Å². The molecule has 0 amide bonds. The van der Waals surface area contributed by atoms with Crippen LogP contribution in [0.5, 0.6) is 5.88 Å². The van der Waals surface area contributed by atoms with Gasteiger partial charge in [-0.25, -0.2) is 0 Å². The Hall–Kier alpha value is -2.29. The van der Waals surface area contributed by atoms with Crippen LogP contribution in [0.15, 0.2) is 47.3 Å². The predicted molar refractivity (Wildman–Crippen MR) is 68.6 cm³/mol. The number of ether oxygens (including phenoxy) is 1. The van der Waals surface area contributed by atoms with E-state index >= 15 is 0 Å². The van der Waals surface area contributed by atoms with Crippen LogP contribution in [0.25, 0.3) is 21.7 Å². The molecule has 3 heteroatoms. The van der Waals surface area contributed by atoms with Gasteiger partial charge in [-0.3, -0.25) is 4.79 Å². The number of H-pyrrole nitrogens is 1. The monoisotopic (exact) mass is 225 g/mol. The highest BCUT2D eigenvalue weighted by Crippen LogP contribution is 2.23. The van der Waals surface area contributed by atoms with E-state index in [0.29, 0.717) is 11.3 Å². The highest BCUT2D eigenvalue weighted by molar-refractivity contribution is 6.05. The van der Waals surface area contributed by atoms with Crippen molar-refractivity contribution in [3.05, 3.63) is 52.7 Å². The number of methoxy groups -OCH3 is 1. The number of aromatic nitrogens is 1. The van der Waals surface area contributed by atoms with Gasteiger partial charge in [-0.15, -0.1) is 0 Å². The molecular formula is C14H11NO2. The van der Waals surface area contributed by atoms with Gasteiger partial charge in [0.05, 0.1) is 18.0 Å². The Morgan fingerprint density at radius 3 is 2.59 bits per heavy atom. The molecule has 0 radical (unpaired) electrons. The van der Waals surface area contributed by atoms with Crippen LogP contribution < -0.4 is 10.2 Å². The topological polar surface area (TPSA) is 42.1 Å². The van der Waals surface area contributed by atoms with Crippen molar-refractivity contribution in [3.8, 4) is 5.88 Å². The lowest BCUT2D eigenvalue weighted by Crippen LogP contribution is -2.00. The number of benzene rings is 2. The van der Waals surface area contributed by atoms with Crippen molar-refractivity contribution in [2.75, 3.05) is 7.11 Å². The fourth-order valence-electron chi connectivity index (χ4n) is 2.08. The molecule has 0 fully saturated rings. The first-order valence-corrected chi connectivity index (χ1v) is 5.38. The Labute approximate surface area is 97.7 Å². The van der Waals surface area contributed by atoms with Crippen LogP contribution in [-0.2, 0) is 0 Å². The number of pyridine rings is 1. The van der Waals surface area contributed by atoms with Crippen molar-refractivity contribution in [2.24, 2.45) is 0 Å². The van der Waals surface area contributed by atoms with Crippen LogP contribution >= 0.6 is 0 Å². The second kappa shape index (κ2) is 3.63. The van der Waals surface area contributed by atoms with Gasteiger partial charge in [0.15, 0.2) is 11.3 Å². The van der Waals surface area contributed by atoms with Gasteiger partial charge in [-0.1, -0.05) is 24.3 Å². The van der Waals surface area contributed by atoms with Gasteiger partial charge < -0.3 is 9.72 Å². The summed E-state index contributed by atoms with van der Waals surface area (Å²) in [6.07, 6.45) is 0. The van der Waals surface area contributed by atoms with E-state index in [0.717, 1.165) is 16.3 Å². The number of fused-ring (bicyclic) bond motifs is 3. The fraction of sp³-hybridized carbons (Fsp3) is 0.0714. The molecule has 0 atom stereocenters. The van der Waals surface area contributed by atoms with Gasteiger partial charge in [0.25, 0.3) is 0 Å². The van der Waals surface area contributed by atoms with Gasteiger partial charge in [0.1, 0.15) is 0 Å². The van der Waals surface area contributed by atoms with Crippen LogP contribution in [-0.4, -0.2) is 12.1 Å². The van der Waals surface area contributed by atoms with Crippen LogP contribution in [0.2, 0.25) is 0 Å². The maximum Gasteiger partial charge on any atom is 0.190 e. The zero-order valence-electron chi connectivity index (χ0n) is 9.36. The molecule has 0 spiro atoms. The summed E-state index contributed by atoms with van der Waals surface area (Å²) >= 11 is 0. The molecule has 17 heavy (non-hydrogen) atoms. The molecule has 0 saturated heterocycles. The van der Waals surface area contributed by atoms with Gasteiger partial charge in [-0.2, -0.15) is 0 Å². The van der Waals surface area contributed by atoms with Gasteiger partial charge in [0.2, 0.25) is 0 Å². The summed E-state index contributed by atoms with van der Waals surface area (Å²) in [6, 6.07) is 13.0. The lowest BCUT2D eigenvalue weighted by atomic mass is 10.1. The van der Waals surface area contributed by atoms with Crippen molar-refractivity contribution in [2.45, 2.75) is 0 Å². The quantitative estimate of drug-likeness (QED) is 0.647. The summed E-state index contributed by atoms with van der Waals surface area (Å²) in [6.45, 7) is 0. The molecule has 3 aromatic rings. The third-order valence-electron chi connectivity index (χ3n) is 2.92. The Morgan fingerprint density at radius 2 is 1.76 bits per heavy atom. The molecule has 1 N–H and O–H groups in total. The van der Waals surface area contributed by atoms with E-state index in [1.165, 1.54) is 0 Å². The number of aromatic amines is 1. The fourth-order valence-corrected chi connectivity index (χ4v) is 2.08. The standard InChI is InChI=1S/C14H11NO2/c1-17-12-8-7-10-6-5-9-3-2-4-11(16)13(9)14(10)15-12/h2-8,15H,1H3. The minimum absolute atomic E-state index is 0.0256. The normalized spacial score (nSPS) is 10.9. The third kappa shape index (κ3) is 1.47. The Morgan fingerprint density at radius 1 is 1.00 bits per heavy atom. The average Bonchev–Trinajstić information content (AvgIpc) is 2.38. The van der Waals surface area contributed by atoms with E-state index in [1.54, 1.807) is 19.2 Å². The van der Waals surface area contributed by atoms with Crippen molar-refractivity contribution in [1.29, 1.82) is 0 Å². The third-order valence-corrected chi connectivity index (χ3v) is 2.92. The van der Waals surface area contributed by atoms with E-state index in [4.69, 9.17) is 4.74 Å². The molecule has 1 heterocycles. The molecule has 3 rings (SSSR count). The van der Waals surface area contributed by atoms with Crippen molar-refractivity contribution in [1.82, 2.24) is 4.98 Å². The van der Waals surface area contributed by atoms with Gasteiger partial charge in [-0.05, 0) is 29.0 Å². The minimum Gasteiger partial charge on any atom is -0.482 e. The second-order valence-corrected chi connectivity index (χ2v) is 3.91. The number of rotatable bonds is 1. The number of nitrogens with one attached hydrogen (secondary N) is 1. The lowest BCUT2D eigenvalue weighted by molar-refractivity contribution is 0.399. The summed E-state index contributed by atoms with van der Waals surface area (Å²) in [5.41, 5.74) is 0.852. The predicted octanol–water partition coefficient (Wildman–Crippen LogP) is 2.69. The van der Waals surface area contributed by atoms with Crippen molar-refractivity contribution >= 4 is 21.7 Å². The van der Waals surface area contributed by atoms with Gasteiger partial charge >= 0.3 is 0 Å². The van der Waals surface area contributed by atoms with E-state index in [-0.39, 0.29) is 5.43 Å². The first kappa shape index (κ1) is 9.90. The lowest BCUT2D eigenvalue weighted by Gasteiger charge is -2.06. The first-order valence-electron chi connectivity index (χ1n) is 5.38. The zero-order valence-corrected chi connectivity index (χ0v) is 9.36. The summed E-state index contributed by atoms with van der Waals surface area (Å²) in [7, 11) is 1.60. The maximum absolute atomic E-state index is 11.9. The second-order valence-electron chi connectivity index (χ2n) is 3.91. The molecule has 1 aromatic heterocycles. The highest BCUT2D eigenvalue weighted by Gasteiger charge is 2.04. The molecule has 0 aliphatic carbocycles. The molecule has 0 aliphatic heterocycles. The van der Waals surface area contributed by atoms with Crippen molar-refractivity contribution < 1.29 is 4.74 Å². The van der Waals surface area contributed by atoms with Crippen LogP contribution in [0.1, 0.15) is 0 Å². The highest BCUT2D eigenvalue weighted by atomic mass is 16.5. The zero-order chi connectivity index (χ0) is 11.8. The van der Waals surface area contributed by atoms with Crippen molar-refractivity contribution in [3.63, 3.8) is 0 Å². The van der Waals surface area contributed by atoms with E-state index in [9.17, 15) is 4.79 Å². The minimum atomic E-state index is 0.0256. The SMILES string of the molecule is COc1ccc2ccc3cccc(=O)c3c2[nH]1. The molecule has 3 nitrogen and oxygen atoms in total. The Balaban J connectivity index is 2.56. The molecule has 2 aromatic carbocycles. The van der Waals surface area contributed by atoms with Crippen LogP contribution in [0.3, 0.4) is 0 Å². The Bertz CT molecular complexity index is 759. The maximum atomic E-state index is 11.9. The summed E-state index contributed by atoms with van der Waals surface area (Å²) in [5.74, 6) is 0.647. The summed E-state index contributed by atoms with van der Waals surface area (Å²) in [4.78, 5) is 15.1. The van der Waals surface area contributed by atoms with Crippen LogP contribution in [0, 0.1) is 0 Å². The molecule has 84 valence electrons. The molecular weight excluding hydrogens is 214 g/mol. The summed E-state index contributed by atoms with van der Waals surface area (Å²) in [5, 5.41) is 2.65. The van der Waals surface area contributed by atoms with E-state index in [1.807, 2.05) is 30.3 Å². The molecule has 0 saturated carbocycles. The Kier molecular flexibility index (Phi) is 2.11.